The first-order chi connectivity index (χ1) is 13.9. The van der Waals surface area contributed by atoms with Gasteiger partial charge in [-0.3, -0.25) is 15.0 Å². The van der Waals surface area contributed by atoms with Gasteiger partial charge < -0.3 is 10.1 Å². The van der Waals surface area contributed by atoms with Gasteiger partial charge >= 0.3 is 6.09 Å². The van der Waals surface area contributed by atoms with Gasteiger partial charge in [-0.25, -0.2) is 4.79 Å². The number of cyclic esters (lactones) is 1. The number of fused-ring (bicyclic) bond motifs is 2. The Morgan fingerprint density at radius 1 is 1.31 bits per heavy atom. The molecule has 29 heavy (non-hydrogen) atoms. The number of anilines is 2. The van der Waals surface area contributed by atoms with Crippen LogP contribution in [-0.2, 0) is 17.4 Å². The molecule has 0 fully saturated rings. The fourth-order valence-corrected chi connectivity index (χ4v) is 3.59. The summed E-state index contributed by atoms with van der Waals surface area (Å²) in [6.07, 6.45) is 8.38. The highest BCUT2D eigenvalue weighted by atomic mass is 16.6. The summed E-state index contributed by atoms with van der Waals surface area (Å²) in [6.45, 7) is 3.71. The summed E-state index contributed by atoms with van der Waals surface area (Å²) in [5.41, 5.74) is 2.49. The smallest absolute Gasteiger partial charge is 0.412 e. The van der Waals surface area contributed by atoms with Gasteiger partial charge in [-0.2, -0.15) is 10.1 Å². The van der Waals surface area contributed by atoms with Crippen LogP contribution < -0.4 is 15.2 Å². The summed E-state index contributed by atoms with van der Waals surface area (Å²) in [5, 5.41) is 15.0. The molecule has 10 heteroatoms. The van der Waals surface area contributed by atoms with Crippen molar-refractivity contribution >= 4 is 41.2 Å². The van der Waals surface area contributed by atoms with Crippen molar-refractivity contribution in [3.8, 4) is 0 Å². The minimum Gasteiger partial charge on any atom is -0.438 e. The molecule has 1 aromatic carbocycles. The van der Waals surface area contributed by atoms with Gasteiger partial charge in [0.2, 0.25) is 5.69 Å². The minimum absolute atomic E-state index is 0.0578. The lowest BCUT2D eigenvalue weighted by atomic mass is 9.94. The summed E-state index contributed by atoms with van der Waals surface area (Å²) in [4.78, 5) is 20.6. The van der Waals surface area contributed by atoms with Crippen molar-refractivity contribution in [2.45, 2.75) is 19.4 Å². The standard InChI is InChI=1S/C19H18N8O2/c1-19(2)14-5-4-12(8-15(14)23-18(28)29-19)22-17-24-16-10-20-6-7-27(16,25-17)13-9-21-26(3)11-13/h4-11H,1-3H3,(H-,22,23,25,28)/p+1. The van der Waals surface area contributed by atoms with E-state index in [1.807, 2.05) is 51.5 Å². The number of ether oxygens (including phenoxy) is 1. The average Bonchev–Trinajstić information content (AvgIpc) is 3.24. The second-order valence-corrected chi connectivity index (χ2v) is 7.44. The van der Waals surface area contributed by atoms with E-state index in [-0.39, 0.29) is 4.59 Å². The van der Waals surface area contributed by atoms with Crippen LogP contribution in [0.15, 0.2) is 58.1 Å². The van der Waals surface area contributed by atoms with E-state index < -0.39 is 11.7 Å². The number of nitrogens with zero attached hydrogens (tertiary/aromatic N) is 6. The van der Waals surface area contributed by atoms with Crippen molar-refractivity contribution in [3.05, 3.63) is 48.6 Å². The number of nitrogens with one attached hydrogen (secondary N) is 2. The molecule has 0 saturated carbocycles. The molecule has 2 N–H and O–H groups in total. The van der Waals surface area contributed by atoms with Crippen molar-refractivity contribution in [3.63, 3.8) is 0 Å². The maximum Gasteiger partial charge on any atom is 0.412 e. The van der Waals surface area contributed by atoms with Crippen LogP contribution in [0.3, 0.4) is 0 Å². The molecule has 0 radical (unpaired) electrons. The number of aliphatic imine (C=N–C) groups is 2. The molecule has 1 aromatic heterocycles. The van der Waals surface area contributed by atoms with Gasteiger partial charge in [0, 0.05) is 18.3 Å². The van der Waals surface area contributed by atoms with Gasteiger partial charge in [-0.1, -0.05) is 10.7 Å². The molecular formula is C19H19N8O2+. The van der Waals surface area contributed by atoms with Gasteiger partial charge in [-0.05, 0) is 31.1 Å². The zero-order valence-electron chi connectivity index (χ0n) is 16.1. The van der Waals surface area contributed by atoms with Crippen molar-refractivity contribution in [1.29, 1.82) is 0 Å². The molecule has 1 unspecified atom stereocenters. The largest absolute Gasteiger partial charge is 0.438 e. The van der Waals surface area contributed by atoms with E-state index in [0.717, 1.165) is 16.9 Å². The van der Waals surface area contributed by atoms with E-state index >= 15 is 0 Å². The monoisotopic (exact) mass is 391 g/mol. The lowest BCUT2D eigenvalue weighted by Crippen LogP contribution is -2.44. The van der Waals surface area contributed by atoms with Crippen molar-refractivity contribution in [2.75, 3.05) is 10.6 Å². The SMILES string of the molecule is Cn1cc([N+]23C=CN=CC2=NC(Nc2ccc4c(c2)NC(=O)OC4(C)C)=N3)cn1. The van der Waals surface area contributed by atoms with E-state index in [2.05, 4.69) is 25.7 Å². The van der Waals surface area contributed by atoms with E-state index in [9.17, 15) is 4.79 Å². The molecule has 0 bridgehead atoms. The fraction of sp³-hybridized carbons (Fsp3) is 0.211. The number of aromatic nitrogens is 2. The number of aryl methyl sites for hydroxylation is 1. The molecule has 10 nitrogen and oxygen atoms in total. The highest BCUT2D eigenvalue weighted by Gasteiger charge is 2.44. The average molecular weight is 391 g/mol. The van der Waals surface area contributed by atoms with Gasteiger partial charge in [-0.15, -0.1) is 0 Å². The Morgan fingerprint density at radius 3 is 2.97 bits per heavy atom. The zero-order valence-corrected chi connectivity index (χ0v) is 16.1. The second kappa shape index (κ2) is 5.85. The molecule has 1 atom stereocenters. The molecule has 3 aliphatic rings. The summed E-state index contributed by atoms with van der Waals surface area (Å²) < 4.78 is 7.13. The van der Waals surface area contributed by atoms with Crippen LogP contribution in [-0.4, -0.2) is 33.9 Å². The van der Waals surface area contributed by atoms with Crippen LogP contribution in [0, 0.1) is 0 Å². The Labute approximate surface area is 166 Å². The number of amides is 1. The Morgan fingerprint density at radius 2 is 2.17 bits per heavy atom. The lowest BCUT2D eigenvalue weighted by Gasteiger charge is -2.32. The Kier molecular flexibility index (Phi) is 3.49. The molecule has 146 valence electrons. The maximum atomic E-state index is 11.8. The normalized spacial score (nSPS) is 23.5. The molecule has 5 rings (SSSR count). The summed E-state index contributed by atoms with van der Waals surface area (Å²) in [7, 11) is 1.85. The van der Waals surface area contributed by atoms with Gasteiger partial charge in [0.05, 0.1) is 18.1 Å². The third kappa shape index (κ3) is 2.72. The number of carbonyl (C=O) groups is 1. The van der Waals surface area contributed by atoms with E-state index in [4.69, 9.17) is 9.84 Å². The van der Waals surface area contributed by atoms with Crippen molar-refractivity contribution in [2.24, 2.45) is 22.1 Å². The van der Waals surface area contributed by atoms with Crippen LogP contribution in [0.5, 0.6) is 0 Å². The first kappa shape index (κ1) is 17.3. The molecule has 0 saturated heterocycles. The quantitative estimate of drug-likeness (QED) is 0.768. The minimum atomic E-state index is -0.696. The van der Waals surface area contributed by atoms with Crippen molar-refractivity contribution < 1.29 is 9.53 Å². The predicted molar refractivity (Wildman–Crippen MR) is 111 cm³/mol. The maximum absolute atomic E-state index is 11.8. The molecular weight excluding hydrogens is 372 g/mol. The van der Waals surface area contributed by atoms with Crippen LogP contribution in [0.1, 0.15) is 19.4 Å². The number of hydrogen-bond donors (Lipinski definition) is 2. The molecule has 2 aromatic rings. The van der Waals surface area contributed by atoms with E-state index in [1.54, 1.807) is 23.3 Å². The zero-order chi connectivity index (χ0) is 20.2. The van der Waals surface area contributed by atoms with Gasteiger partial charge in [0.1, 0.15) is 18.0 Å². The van der Waals surface area contributed by atoms with Crippen LogP contribution in [0.25, 0.3) is 0 Å². The van der Waals surface area contributed by atoms with Crippen LogP contribution >= 0.6 is 0 Å². The Hall–Kier alpha value is -3.79. The second-order valence-electron chi connectivity index (χ2n) is 7.44. The highest BCUT2D eigenvalue weighted by Crippen LogP contribution is 2.37. The topological polar surface area (TPSA) is 105 Å². The molecule has 0 spiro atoms. The third-order valence-corrected chi connectivity index (χ3v) is 4.97. The van der Waals surface area contributed by atoms with Gasteiger partial charge in [0.25, 0.3) is 11.8 Å². The molecule has 4 heterocycles. The number of benzene rings is 1. The van der Waals surface area contributed by atoms with E-state index in [0.29, 0.717) is 17.5 Å². The number of amidine groups is 1. The third-order valence-electron chi connectivity index (χ3n) is 4.97. The summed E-state index contributed by atoms with van der Waals surface area (Å²) >= 11 is 0. The highest BCUT2D eigenvalue weighted by molar-refractivity contribution is 6.38. The number of quaternary nitrogens is 1. The fourth-order valence-electron chi connectivity index (χ4n) is 3.59. The van der Waals surface area contributed by atoms with Crippen LogP contribution in [0.2, 0.25) is 0 Å². The molecule has 3 aliphatic heterocycles. The lowest BCUT2D eigenvalue weighted by molar-refractivity contribution is 0.0421. The predicted octanol–water partition coefficient (Wildman–Crippen LogP) is 2.88. The first-order valence-electron chi connectivity index (χ1n) is 9.06. The van der Waals surface area contributed by atoms with Crippen LogP contribution in [0.4, 0.5) is 21.9 Å². The van der Waals surface area contributed by atoms with Gasteiger partial charge in [0.15, 0.2) is 6.20 Å². The number of rotatable bonds is 2. The van der Waals surface area contributed by atoms with Crippen molar-refractivity contribution in [1.82, 2.24) is 14.4 Å². The number of carbonyl (C=O) groups excluding carboxylic acids is 1. The first-order valence-corrected chi connectivity index (χ1v) is 9.06. The number of guanidine groups is 1. The Balaban J connectivity index is 1.50. The number of hydrogen-bond acceptors (Lipinski definition) is 7. The summed E-state index contributed by atoms with van der Waals surface area (Å²) in [5.74, 6) is 1.09. The molecule has 1 amide bonds. The molecule has 0 aliphatic carbocycles. The Bertz CT molecular complexity index is 1160. The van der Waals surface area contributed by atoms with E-state index in [1.165, 1.54) is 0 Å². The summed E-state index contributed by atoms with van der Waals surface area (Å²) in [6, 6.07) is 5.66.